The molecule has 1 aromatic rings. The summed E-state index contributed by atoms with van der Waals surface area (Å²) >= 11 is 5.31. The second kappa shape index (κ2) is 5.59. The Morgan fingerprint density at radius 2 is 2.33 bits per heavy atom. The second-order valence-corrected chi connectivity index (χ2v) is 4.66. The van der Waals surface area contributed by atoms with Gasteiger partial charge in [0.15, 0.2) is 23.4 Å². The van der Waals surface area contributed by atoms with E-state index in [4.69, 9.17) is 32.9 Å². The summed E-state index contributed by atoms with van der Waals surface area (Å²) in [5.74, 6) is 0.756. The fourth-order valence-electron chi connectivity index (χ4n) is 2.09. The number of hydrogen-bond donors (Lipinski definition) is 4. The van der Waals surface area contributed by atoms with Gasteiger partial charge in [0.25, 0.3) is 0 Å². The van der Waals surface area contributed by atoms with Crippen LogP contribution in [0.3, 0.4) is 0 Å². The van der Waals surface area contributed by atoms with Gasteiger partial charge in [0, 0.05) is 5.38 Å². The number of aliphatic hydroxyl groups is 2. The van der Waals surface area contributed by atoms with Crippen LogP contribution in [0.1, 0.15) is 6.23 Å². The van der Waals surface area contributed by atoms with Crippen molar-refractivity contribution in [2.75, 3.05) is 12.3 Å². The molecule has 10 heteroatoms. The first-order chi connectivity index (χ1) is 9.85. The average molecular weight is 319 g/mol. The van der Waals surface area contributed by atoms with Crippen LogP contribution in [0.2, 0.25) is 0 Å². The summed E-state index contributed by atoms with van der Waals surface area (Å²) in [5.41, 5.74) is 8.33. The van der Waals surface area contributed by atoms with Gasteiger partial charge >= 0.3 is 5.69 Å². The summed E-state index contributed by atoms with van der Waals surface area (Å²) in [6.07, 6.45) is -3.23. The van der Waals surface area contributed by atoms with Gasteiger partial charge in [-0.05, 0) is 11.6 Å². The van der Waals surface area contributed by atoms with Gasteiger partial charge < -0.3 is 26.4 Å². The highest BCUT2D eigenvalue weighted by atomic mass is 35.5. The van der Waals surface area contributed by atoms with Gasteiger partial charge in [0.05, 0.1) is 12.8 Å². The third kappa shape index (κ3) is 2.48. The molecule has 1 saturated heterocycles. The number of hydrogen-bond acceptors (Lipinski definition) is 7. The second-order valence-electron chi connectivity index (χ2n) is 4.47. The van der Waals surface area contributed by atoms with Gasteiger partial charge in [0.1, 0.15) is 12.2 Å². The molecule has 1 aromatic heterocycles. The van der Waals surface area contributed by atoms with Gasteiger partial charge in [-0.3, -0.25) is 4.57 Å². The Morgan fingerprint density at radius 3 is 2.90 bits per heavy atom. The Labute approximate surface area is 123 Å². The van der Waals surface area contributed by atoms with Crippen LogP contribution in [0.5, 0.6) is 0 Å². The van der Waals surface area contributed by atoms with Crippen LogP contribution in [0, 0.1) is 17.1 Å². The highest BCUT2D eigenvalue weighted by Gasteiger charge is 2.54. The zero-order valence-corrected chi connectivity index (χ0v) is 11.3. The van der Waals surface area contributed by atoms with Crippen LogP contribution in [0.25, 0.3) is 0 Å². The summed E-state index contributed by atoms with van der Waals surface area (Å²) in [4.78, 5) is 15.1. The zero-order valence-electron chi connectivity index (χ0n) is 10.5. The van der Waals surface area contributed by atoms with E-state index in [1.54, 1.807) is 0 Å². The number of nitrogen functional groups attached to an aromatic ring is 1. The van der Waals surface area contributed by atoms with Crippen molar-refractivity contribution in [1.82, 2.24) is 9.55 Å². The van der Waals surface area contributed by atoms with Crippen molar-refractivity contribution in [3.05, 3.63) is 22.5 Å². The minimum atomic E-state index is -1.83. The van der Waals surface area contributed by atoms with Crippen molar-refractivity contribution in [3.63, 3.8) is 0 Å². The van der Waals surface area contributed by atoms with Crippen molar-refractivity contribution in [3.8, 4) is 11.3 Å². The molecule has 0 saturated carbocycles. The van der Waals surface area contributed by atoms with E-state index in [2.05, 4.69) is 10.9 Å². The number of aromatic nitrogens is 2. The highest BCUT2D eigenvalue weighted by Crippen LogP contribution is 2.35. The van der Waals surface area contributed by atoms with Crippen molar-refractivity contribution in [1.29, 1.82) is 0 Å². The van der Waals surface area contributed by atoms with Crippen LogP contribution >= 0.6 is 11.6 Å². The maximum atomic E-state index is 13.5. The predicted molar refractivity (Wildman–Crippen MR) is 70.4 cm³/mol. The number of rotatable bonds is 2. The quantitative estimate of drug-likeness (QED) is 0.468. The van der Waals surface area contributed by atoms with Crippen molar-refractivity contribution < 1.29 is 19.3 Å². The molecule has 1 aliphatic heterocycles. The number of nitrogens with two attached hydrogens (primary N) is 2. The standard InChI is InChI=1S/C11H12ClFN4O4/c12-2-1-11(15)7(19)6(4-18)21-9(11)17-3-5(13)8(14)16-10(17)20/h3,6-7,9,18-19H,4,15H2,(H2,14,16,20)/t6-,7?,9-,11-/m1/s1. The summed E-state index contributed by atoms with van der Waals surface area (Å²) in [6.45, 7) is -0.583. The lowest BCUT2D eigenvalue weighted by molar-refractivity contribution is -0.0479. The first kappa shape index (κ1) is 15.7. The van der Waals surface area contributed by atoms with E-state index >= 15 is 0 Å². The summed E-state index contributed by atoms with van der Waals surface area (Å²) in [5, 5.41) is 21.2. The number of halogens is 2. The smallest absolute Gasteiger partial charge is 0.351 e. The summed E-state index contributed by atoms with van der Waals surface area (Å²) in [7, 11) is 0. The molecule has 4 atom stereocenters. The van der Waals surface area contributed by atoms with E-state index in [-0.39, 0.29) is 0 Å². The lowest BCUT2D eigenvalue weighted by atomic mass is 9.92. The average Bonchev–Trinajstić information content (AvgIpc) is 2.67. The lowest BCUT2D eigenvalue weighted by Crippen LogP contribution is -2.55. The molecule has 0 bridgehead atoms. The molecule has 1 unspecified atom stereocenters. The fourth-order valence-corrected chi connectivity index (χ4v) is 2.25. The van der Waals surface area contributed by atoms with E-state index in [1.165, 1.54) is 0 Å². The van der Waals surface area contributed by atoms with Crippen LogP contribution in [-0.2, 0) is 4.74 Å². The molecular formula is C11H12ClFN4O4. The molecule has 1 fully saturated rings. The maximum absolute atomic E-state index is 13.5. The molecule has 0 amide bonds. The molecule has 114 valence electrons. The van der Waals surface area contributed by atoms with Gasteiger partial charge in [-0.25, -0.2) is 9.18 Å². The monoisotopic (exact) mass is 318 g/mol. The van der Waals surface area contributed by atoms with Crippen LogP contribution in [0.4, 0.5) is 10.2 Å². The Morgan fingerprint density at radius 1 is 1.67 bits per heavy atom. The SMILES string of the molecule is Nc1nc(=O)n([C@@H]2O[C@H](CO)C(O)[C@]2(N)C#CCl)cc1F. The highest BCUT2D eigenvalue weighted by molar-refractivity contribution is 6.30. The lowest BCUT2D eigenvalue weighted by Gasteiger charge is -2.27. The topological polar surface area (TPSA) is 137 Å². The van der Waals surface area contributed by atoms with Gasteiger partial charge in [-0.15, -0.1) is 0 Å². The van der Waals surface area contributed by atoms with E-state index < -0.39 is 47.9 Å². The normalized spacial score (nSPS) is 31.8. The van der Waals surface area contributed by atoms with Crippen molar-refractivity contribution in [2.24, 2.45) is 5.73 Å². The molecule has 0 aromatic carbocycles. The van der Waals surface area contributed by atoms with E-state index in [0.29, 0.717) is 4.57 Å². The van der Waals surface area contributed by atoms with Crippen molar-refractivity contribution in [2.45, 2.75) is 24.0 Å². The predicted octanol–water partition coefficient (Wildman–Crippen LogP) is -1.89. The molecule has 6 N–H and O–H groups in total. The molecule has 0 spiro atoms. The summed E-state index contributed by atoms with van der Waals surface area (Å²) < 4.78 is 19.5. The summed E-state index contributed by atoms with van der Waals surface area (Å²) in [6, 6.07) is 0. The molecule has 0 radical (unpaired) electrons. The van der Waals surface area contributed by atoms with E-state index in [9.17, 15) is 14.3 Å². The zero-order chi connectivity index (χ0) is 15.8. The maximum Gasteiger partial charge on any atom is 0.351 e. The van der Waals surface area contributed by atoms with Crippen molar-refractivity contribution >= 4 is 17.4 Å². The minimum absolute atomic E-state index is 0.583. The van der Waals surface area contributed by atoms with Crippen LogP contribution < -0.4 is 17.2 Å². The molecule has 1 aliphatic rings. The molecule has 2 rings (SSSR count). The number of aliphatic hydroxyl groups excluding tert-OH is 2. The first-order valence-electron chi connectivity index (χ1n) is 5.75. The molecular weight excluding hydrogens is 307 g/mol. The van der Waals surface area contributed by atoms with Gasteiger partial charge in [0.2, 0.25) is 0 Å². The number of ether oxygens (including phenoxy) is 1. The van der Waals surface area contributed by atoms with Gasteiger partial charge in [-0.2, -0.15) is 4.98 Å². The number of nitrogens with zero attached hydrogens (tertiary/aromatic N) is 2. The Hall–Kier alpha value is -1.70. The third-order valence-electron chi connectivity index (χ3n) is 3.18. The molecule has 2 heterocycles. The number of anilines is 1. The molecule has 0 aliphatic carbocycles. The first-order valence-corrected chi connectivity index (χ1v) is 6.13. The molecule has 8 nitrogen and oxygen atoms in total. The largest absolute Gasteiger partial charge is 0.394 e. The molecule has 21 heavy (non-hydrogen) atoms. The minimum Gasteiger partial charge on any atom is -0.394 e. The van der Waals surface area contributed by atoms with E-state index in [1.807, 2.05) is 5.38 Å². The van der Waals surface area contributed by atoms with Crippen LogP contribution in [0.15, 0.2) is 11.0 Å². The van der Waals surface area contributed by atoms with E-state index in [0.717, 1.165) is 6.20 Å². The third-order valence-corrected chi connectivity index (χ3v) is 3.28. The van der Waals surface area contributed by atoms with Crippen LogP contribution in [-0.4, -0.2) is 44.1 Å². The Bertz CT molecular complexity index is 672. The Balaban J connectivity index is 2.58. The Kier molecular flexibility index (Phi) is 4.18. The van der Waals surface area contributed by atoms with Gasteiger partial charge in [-0.1, -0.05) is 5.92 Å². The fraction of sp³-hybridized carbons (Fsp3) is 0.455.